The SMILES string of the molecule is CC(=O)Nc1ccc(Oc2nc3c(Cl)c(C)nn3c3ccccc23)cc1. The molecule has 26 heavy (non-hydrogen) atoms. The number of aryl methyl sites for hydroxylation is 1. The number of nitrogens with zero attached hydrogens (tertiary/aromatic N) is 3. The van der Waals surface area contributed by atoms with Crippen molar-refractivity contribution in [2.24, 2.45) is 0 Å². The minimum Gasteiger partial charge on any atom is -0.438 e. The maximum absolute atomic E-state index is 11.1. The number of carbonyl (C=O) groups is 1. The Morgan fingerprint density at radius 1 is 1.15 bits per heavy atom. The first-order chi connectivity index (χ1) is 12.5. The molecule has 0 saturated carbocycles. The van der Waals surface area contributed by atoms with Crippen molar-refractivity contribution < 1.29 is 9.53 Å². The number of fused-ring (bicyclic) bond motifs is 3. The molecular formula is C19H15ClN4O2. The molecule has 6 nitrogen and oxygen atoms in total. The number of rotatable bonds is 3. The molecule has 130 valence electrons. The van der Waals surface area contributed by atoms with E-state index in [4.69, 9.17) is 16.3 Å². The molecule has 2 aromatic carbocycles. The lowest BCUT2D eigenvalue weighted by atomic mass is 10.2. The van der Waals surface area contributed by atoms with Gasteiger partial charge in [0, 0.05) is 12.6 Å². The Labute approximate surface area is 154 Å². The minimum atomic E-state index is -0.123. The highest BCUT2D eigenvalue weighted by molar-refractivity contribution is 6.34. The van der Waals surface area contributed by atoms with Gasteiger partial charge in [-0.25, -0.2) is 4.52 Å². The molecule has 0 bridgehead atoms. The second kappa shape index (κ2) is 6.31. The van der Waals surface area contributed by atoms with Crippen molar-refractivity contribution >= 4 is 39.7 Å². The third kappa shape index (κ3) is 2.84. The Morgan fingerprint density at radius 2 is 1.88 bits per heavy atom. The third-order valence-electron chi connectivity index (χ3n) is 3.92. The Kier molecular flexibility index (Phi) is 3.97. The molecule has 7 heteroatoms. The number of ether oxygens (including phenoxy) is 1. The van der Waals surface area contributed by atoms with Crippen LogP contribution in [0.15, 0.2) is 48.5 Å². The van der Waals surface area contributed by atoms with E-state index >= 15 is 0 Å². The second-order valence-corrected chi connectivity index (χ2v) is 6.25. The highest BCUT2D eigenvalue weighted by Gasteiger charge is 2.15. The average Bonchev–Trinajstić information content (AvgIpc) is 2.91. The van der Waals surface area contributed by atoms with Crippen LogP contribution < -0.4 is 10.1 Å². The predicted octanol–water partition coefficient (Wildman–Crippen LogP) is 4.60. The number of anilines is 1. The summed E-state index contributed by atoms with van der Waals surface area (Å²) in [6.45, 7) is 3.31. The van der Waals surface area contributed by atoms with Crippen molar-refractivity contribution in [2.45, 2.75) is 13.8 Å². The molecule has 1 N–H and O–H groups in total. The first kappa shape index (κ1) is 16.4. The van der Waals surface area contributed by atoms with E-state index in [0.29, 0.717) is 33.7 Å². The molecule has 0 atom stereocenters. The number of nitrogens with one attached hydrogen (secondary N) is 1. The molecule has 0 aliphatic heterocycles. The van der Waals surface area contributed by atoms with Gasteiger partial charge in [-0.1, -0.05) is 23.7 Å². The van der Waals surface area contributed by atoms with Gasteiger partial charge in [0.15, 0.2) is 5.65 Å². The van der Waals surface area contributed by atoms with E-state index in [0.717, 1.165) is 10.9 Å². The Morgan fingerprint density at radius 3 is 2.62 bits per heavy atom. The Balaban J connectivity index is 1.80. The van der Waals surface area contributed by atoms with Gasteiger partial charge in [-0.05, 0) is 43.3 Å². The second-order valence-electron chi connectivity index (χ2n) is 5.88. The molecule has 0 saturated heterocycles. The van der Waals surface area contributed by atoms with E-state index in [1.54, 1.807) is 28.8 Å². The topological polar surface area (TPSA) is 68.5 Å². The van der Waals surface area contributed by atoms with Gasteiger partial charge in [-0.2, -0.15) is 10.1 Å². The van der Waals surface area contributed by atoms with Crippen LogP contribution in [0.1, 0.15) is 12.6 Å². The van der Waals surface area contributed by atoms with Crippen LogP contribution >= 0.6 is 11.6 Å². The number of hydrogen-bond acceptors (Lipinski definition) is 4. The summed E-state index contributed by atoms with van der Waals surface area (Å²) in [5.41, 5.74) is 2.82. The highest BCUT2D eigenvalue weighted by Crippen LogP contribution is 2.32. The smallest absolute Gasteiger partial charge is 0.230 e. The van der Waals surface area contributed by atoms with Gasteiger partial charge >= 0.3 is 0 Å². The van der Waals surface area contributed by atoms with Gasteiger partial charge in [-0.15, -0.1) is 0 Å². The van der Waals surface area contributed by atoms with E-state index < -0.39 is 0 Å². The largest absolute Gasteiger partial charge is 0.438 e. The van der Waals surface area contributed by atoms with Crippen LogP contribution in [0.25, 0.3) is 16.6 Å². The third-order valence-corrected chi connectivity index (χ3v) is 4.37. The molecule has 2 aromatic heterocycles. The summed E-state index contributed by atoms with van der Waals surface area (Å²) in [6.07, 6.45) is 0. The summed E-state index contributed by atoms with van der Waals surface area (Å²) in [4.78, 5) is 15.7. The summed E-state index contributed by atoms with van der Waals surface area (Å²) in [6, 6.07) is 14.8. The van der Waals surface area contributed by atoms with Crippen LogP contribution in [0.3, 0.4) is 0 Å². The number of carbonyl (C=O) groups excluding carboxylic acids is 1. The Hall–Kier alpha value is -3.12. The number of para-hydroxylation sites is 1. The molecule has 0 spiro atoms. The van der Waals surface area contributed by atoms with E-state index in [9.17, 15) is 4.79 Å². The summed E-state index contributed by atoms with van der Waals surface area (Å²) in [5.74, 6) is 0.929. The normalized spacial score (nSPS) is 11.0. The molecule has 0 fully saturated rings. The lowest BCUT2D eigenvalue weighted by Gasteiger charge is -2.10. The number of aromatic nitrogens is 3. The van der Waals surface area contributed by atoms with E-state index in [-0.39, 0.29) is 5.91 Å². The standard InChI is InChI=1S/C19H15ClN4O2/c1-11-17(20)18-22-19(15-5-3-4-6-16(15)24(18)23-11)26-14-9-7-13(8-10-14)21-12(2)25/h3-10H,1-2H3,(H,21,25). The highest BCUT2D eigenvalue weighted by atomic mass is 35.5. The van der Waals surface area contributed by atoms with Gasteiger partial charge < -0.3 is 10.1 Å². The molecule has 2 heterocycles. The maximum Gasteiger partial charge on any atom is 0.230 e. The first-order valence-electron chi connectivity index (χ1n) is 8.02. The zero-order valence-corrected chi connectivity index (χ0v) is 14.9. The zero-order chi connectivity index (χ0) is 18.3. The molecule has 4 rings (SSSR count). The number of halogens is 1. The van der Waals surface area contributed by atoms with Crippen molar-refractivity contribution in [1.29, 1.82) is 0 Å². The van der Waals surface area contributed by atoms with Crippen molar-refractivity contribution in [1.82, 2.24) is 14.6 Å². The zero-order valence-electron chi connectivity index (χ0n) is 14.2. The van der Waals surface area contributed by atoms with Gasteiger partial charge in [0.25, 0.3) is 0 Å². The van der Waals surface area contributed by atoms with Crippen molar-refractivity contribution in [3.05, 3.63) is 59.2 Å². The van der Waals surface area contributed by atoms with E-state index in [1.165, 1.54) is 6.92 Å². The molecule has 4 aromatic rings. The molecule has 1 amide bonds. The van der Waals surface area contributed by atoms with Gasteiger partial charge in [-0.3, -0.25) is 4.79 Å². The predicted molar refractivity (Wildman–Crippen MR) is 101 cm³/mol. The summed E-state index contributed by atoms with van der Waals surface area (Å²) in [5, 5.41) is 8.50. The monoisotopic (exact) mass is 366 g/mol. The summed E-state index contributed by atoms with van der Waals surface area (Å²) < 4.78 is 7.72. The van der Waals surface area contributed by atoms with Crippen LogP contribution in [0.4, 0.5) is 5.69 Å². The van der Waals surface area contributed by atoms with Crippen molar-refractivity contribution in [3.8, 4) is 11.6 Å². The van der Waals surface area contributed by atoms with E-state index in [2.05, 4.69) is 15.4 Å². The Bertz CT molecular complexity index is 1140. The molecule has 0 radical (unpaired) electrons. The van der Waals surface area contributed by atoms with Crippen molar-refractivity contribution in [3.63, 3.8) is 0 Å². The fourth-order valence-electron chi connectivity index (χ4n) is 2.76. The number of benzene rings is 2. The van der Waals surface area contributed by atoms with Crippen LogP contribution in [0, 0.1) is 6.92 Å². The summed E-state index contributed by atoms with van der Waals surface area (Å²) in [7, 11) is 0. The maximum atomic E-state index is 11.1. The average molecular weight is 367 g/mol. The fraction of sp³-hybridized carbons (Fsp3) is 0.105. The fourth-order valence-corrected chi connectivity index (χ4v) is 2.92. The molecular weight excluding hydrogens is 352 g/mol. The van der Waals surface area contributed by atoms with Gasteiger partial charge in [0.1, 0.15) is 10.8 Å². The number of amides is 1. The van der Waals surface area contributed by atoms with E-state index in [1.807, 2.05) is 31.2 Å². The number of hydrogen-bond donors (Lipinski definition) is 1. The minimum absolute atomic E-state index is 0.123. The first-order valence-corrected chi connectivity index (χ1v) is 8.40. The van der Waals surface area contributed by atoms with Crippen LogP contribution in [0.2, 0.25) is 5.02 Å². The van der Waals surface area contributed by atoms with Crippen LogP contribution in [-0.4, -0.2) is 20.5 Å². The molecule has 0 aliphatic carbocycles. The van der Waals surface area contributed by atoms with Gasteiger partial charge in [0.05, 0.1) is 16.6 Å². The molecule has 0 aliphatic rings. The van der Waals surface area contributed by atoms with Crippen LogP contribution in [0.5, 0.6) is 11.6 Å². The van der Waals surface area contributed by atoms with Crippen molar-refractivity contribution in [2.75, 3.05) is 5.32 Å². The summed E-state index contributed by atoms with van der Waals surface area (Å²) >= 11 is 6.34. The van der Waals surface area contributed by atoms with Crippen LogP contribution in [-0.2, 0) is 4.79 Å². The lowest BCUT2D eigenvalue weighted by molar-refractivity contribution is -0.114. The quantitative estimate of drug-likeness (QED) is 0.575. The molecule has 0 unspecified atom stereocenters. The van der Waals surface area contributed by atoms with Gasteiger partial charge in [0.2, 0.25) is 11.8 Å². The lowest BCUT2D eigenvalue weighted by Crippen LogP contribution is -2.05.